The first-order valence-electron chi connectivity index (χ1n) is 9.48. The largest absolute Gasteiger partial charge is 0.355 e. The van der Waals surface area contributed by atoms with Crippen LogP contribution in [0.3, 0.4) is 0 Å². The third-order valence-electron chi connectivity index (χ3n) is 5.49. The fraction of sp³-hybridized carbons (Fsp3) is 0.579. The maximum Gasteiger partial charge on any atom is 0.319 e. The maximum atomic E-state index is 12.5. The molecule has 2 aromatic rings. The number of piperidine rings is 1. The van der Waals surface area contributed by atoms with E-state index in [1.54, 1.807) is 26.0 Å². The molecule has 1 aliphatic carbocycles. The van der Waals surface area contributed by atoms with Gasteiger partial charge in [-0.25, -0.2) is 9.78 Å². The molecule has 0 atom stereocenters. The van der Waals surface area contributed by atoms with Gasteiger partial charge < -0.3 is 19.6 Å². The summed E-state index contributed by atoms with van der Waals surface area (Å²) in [6.07, 6.45) is 3.79. The van der Waals surface area contributed by atoms with E-state index in [2.05, 4.69) is 15.5 Å². The summed E-state index contributed by atoms with van der Waals surface area (Å²) in [4.78, 5) is 32.7. The minimum absolute atomic E-state index is 0.0280. The molecule has 0 aromatic carbocycles. The Balaban J connectivity index is 1.65. The minimum atomic E-state index is -0.144. The Morgan fingerprint density at radius 3 is 2.48 bits per heavy atom. The van der Waals surface area contributed by atoms with Gasteiger partial charge in [-0.3, -0.25) is 4.79 Å². The third-order valence-corrected chi connectivity index (χ3v) is 5.49. The number of amides is 3. The van der Waals surface area contributed by atoms with Crippen LogP contribution in [0.2, 0.25) is 0 Å². The van der Waals surface area contributed by atoms with E-state index in [4.69, 9.17) is 4.52 Å². The highest BCUT2D eigenvalue weighted by Gasteiger charge is 2.32. The number of aromatic nitrogens is 2. The van der Waals surface area contributed by atoms with Crippen LogP contribution >= 0.6 is 0 Å². The summed E-state index contributed by atoms with van der Waals surface area (Å²) in [6, 6.07) is 1.92. The van der Waals surface area contributed by atoms with Crippen molar-refractivity contribution >= 4 is 23.0 Å². The van der Waals surface area contributed by atoms with Gasteiger partial charge in [-0.1, -0.05) is 5.16 Å². The van der Waals surface area contributed by atoms with E-state index in [1.807, 2.05) is 11.0 Å². The Kier molecular flexibility index (Phi) is 4.49. The Morgan fingerprint density at radius 1 is 1.19 bits per heavy atom. The van der Waals surface area contributed by atoms with Gasteiger partial charge in [0.15, 0.2) is 0 Å². The highest BCUT2D eigenvalue weighted by atomic mass is 16.5. The van der Waals surface area contributed by atoms with Crippen LogP contribution in [0.15, 0.2) is 10.6 Å². The number of rotatable bonds is 3. The zero-order valence-corrected chi connectivity index (χ0v) is 16.0. The predicted molar refractivity (Wildman–Crippen MR) is 99.8 cm³/mol. The smallest absolute Gasteiger partial charge is 0.319 e. The van der Waals surface area contributed by atoms with Crippen LogP contribution in [0, 0.1) is 0 Å². The van der Waals surface area contributed by atoms with Crippen molar-refractivity contribution in [3.63, 3.8) is 0 Å². The molecule has 4 rings (SSSR count). The van der Waals surface area contributed by atoms with Crippen molar-refractivity contribution in [1.29, 1.82) is 0 Å². The molecule has 1 N–H and O–H groups in total. The molecule has 1 aliphatic heterocycles. The van der Waals surface area contributed by atoms with Crippen molar-refractivity contribution in [3.05, 3.63) is 23.0 Å². The molecule has 3 amide bonds. The highest BCUT2D eigenvalue weighted by Crippen LogP contribution is 2.41. The van der Waals surface area contributed by atoms with Crippen molar-refractivity contribution in [3.8, 4) is 0 Å². The number of pyridine rings is 1. The first kappa shape index (κ1) is 17.8. The summed E-state index contributed by atoms with van der Waals surface area (Å²) < 4.78 is 5.54. The standard InChI is InChI=1S/C19H25N5O3/c1-20-17(25)13-10-14(11-4-5-11)21-18-15(13)16(22-27-18)12-6-8-24(9-7-12)19(26)23(2)3/h10-12H,4-9H2,1-3H3,(H,20,25). The normalized spacial score (nSPS) is 18.0. The molecular weight excluding hydrogens is 346 g/mol. The Morgan fingerprint density at radius 2 is 1.89 bits per heavy atom. The summed E-state index contributed by atoms with van der Waals surface area (Å²) in [7, 11) is 5.15. The van der Waals surface area contributed by atoms with Crippen molar-refractivity contribution in [2.75, 3.05) is 34.2 Å². The van der Waals surface area contributed by atoms with Gasteiger partial charge in [0.25, 0.3) is 11.6 Å². The fourth-order valence-corrected chi connectivity index (χ4v) is 3.80. The number of nitrogens with one attached hydrogen (secondary N) is 1. The van der Waals surface area contributed by atoms with Crippen molar-refractivity contribution < 1.29 is 14.1 Å². The van der Waals surface area contributed by atoms with Crippen molar-refractivity contribution in [1.82, 2.24) is 25.3 Å². The first-order chi connectivity index (χ1) is 13.0. The first-order valence-corrected chi connectivity index (χ1v) is 9.48. The number of hydrogen-bond donors (Lipinski definition) is 1. The lowest BCUT2D eigenvalue weighted by atomic mass is 9.90. The number of nitrogens with zero attached hydrogens (tertiary/aromatic N) is 4. The Bertz CT molecular complexity index is 879. The summed E-state index contributed by atoms with van der Waals surface area (Å²) in [5.41, 5.74) is 2.73. The molecule has 0 spiro atoms. The van der Waals surface area contributed by atoms with Crippen LogP contribution in [0.25, 0.3) is 11.1 Å². The lowest BCUT2D eigenvalue weighted by molar-refractivity contribution is 0.0964. The number of hydrogen-bond acceptors (Lipinski definition) is 5. The molecule has 0 radical (unpaired) electrons. The minimum Gasteiger partial charge on any atom is -0.355 e. The predicted octanol–water partition coefficient (Wildman–Crippen LogP) is 2.32. The van der Waals surface area contributed by atoms with E-state index >= 15 is 0 Å². The zero-order valence-electron chi connectivity index (χ0n) is 16.0. The van der Waals surface area contributed by atoms with E-state index < -0.39 is 0 Å². The number of urea groups is 1. The third kappa shape index (κ3) is 3.24. The number of carbonyl (C=O) groups is 2. The summed E-state index contributed by atoms with van der Waals surface area (Å²) in [6.45, 7) is 1.33. The summed E-state index contributed by atoms with van der Waals surface area (Å²) >= 11 is 0. The van der Waals surface area contributed by atoms with Crippen LogP contribution in [0.5, 0.6) is 0 Å². The van der Waals surface area contributed by atoms with Crippen LogP contribution in [0.1, 0.15) is 59.3 Å². The molecule has 2 aromatic heterocycles. The highest BCUT2D eigenvalue weighted by molar-refractivity contribution is 6.06. The van der Waals surface area contributed by atoms with Crippen molar-refractivity contribution in [2.45, 2.75) is 37.5 Å². The van der Waals surface area contributed by atoms with E-state index in [9.17, 15) is 9.59 Å². The van der Waals surface area contributed by atoms with Crippen LogP contribution in [-0.4, -0.2) is 66.1 Å². The van der Waals surface area contributed by atoms with Gasteiger partial charge in [-0.15, -0.1) is 0 Å². The van der Waals surface area contributed by atoms with Gasteiger partial charge in [0, 0.05) is 51.8 Å². The van der Waals surface area contributed by atoms with Gasteiger partial charge in [0.2, 0.25) is 0 Å². The zero-order chi connectivity index (χ0) is 19.1. The molecule has 8 nitrogen and oxygen atoms in total. The van der Waals surface area contributed by atoms with E-state index in [-0.39, 0.29) is 17.9 Å². The molecule has 27 heavy (non-hydrogen) atoms. The molecule has 2 aliphatic rings. The van der Waals surface area contributed by atoms with Gasteiger partial charge >= 0.3 is 6.03 Å². The topological polar surface area (TPSA) is 91.6 Å². The van der Waals surface area contributed by atoms with E-state index in [0.717, 1.165) is 42.5 Å². The maximum absolute atomic E-state index is 12.5. The quantitative estimate of drug-likeness (QED) is 0.894. The van der Waals surface area contributed by atoms with Crippen molar-refractivity contribution in [2.24, 2.45) is 0 Å². The van der Waals surface area contributed by atoms with Gasteiger partial charge in [-0.2, -0.15) is 0 Å². The molecule has 1 saturated heterocycles. The molecule has 3 heterocycles. The van der Waals surface area contributed by atoms with Crippen LogP contribution < -0.4 is 5.32 Å². The number of fused-ring (bicyclic) bond motifs is 1. The molecule has 8 heteroatoms. The second-order valence-electron chi connectivity index (χ2n) is 7.63. The SMILES string of the molecule is CNC(=O)c1cc(C2CC2)nc2onc(C3CCN(C(=O)N(C)C)CC3)c12. The van der Waals surface area contributed by atoms with E-state index in [0.29, 0.717) is 30.3 Å². The molecule has 0 unspecified atom stereocenters. The molecule has 0 bridgehead atoms. The van der Waals surface area contributed by atoms with Crippen LogP contribution in [-0.2, 0) is 0 Å². The monoisotopic (exact) mass is 371 g/mol. The average molecular weight is 371 g/mol. The fourth-order valence-electron chi connectivity index (χ4n) is 3.80. The average Bonchev–Trinajstić information content (AvgIpc) is 3.45. The van der Waals surface area contributed by atoms with Gasteiger partial charge in [0.1, 0.15) is 0 Å². The molecule has 1 saturated carbocycles. The van der Waals surface area contributed by atoms with Gasteiger partial charge in [-0.05, 0) is 31.7 Å². The van der Waals surface area contributed by atoms with E-state index in [1.165, 1.54) is 0 Å². The lowest BCUT2D eigenvalue weighted by Gasteiger charge is -2.33. The summed E-state index contributed by atoms with van der Waals surface area (Å²) in [5.74, 6) is 0.426. The van der Waals surface area contributed by atoms with Gasteiger partial charge in [0.05, 0.1) is 16.6 Å². The van der Waals surface area contributed by atoms with Crippen LogP contribution in [0.4, 0.5) is 4.79 Å². The summed E-state index contributed by atoms with van der Waals surface area (Å²) in [5, 5.41) is 7.73. The molecular formula is C19H25N5O3. The lowest BCUT2D eigenvalue weighted by Crippen LogP contribution is -2.43. The molecule has 2 fully saturated rings. The second-order valence-corrected chi connectivity index (χ2v) is 7.63. The number of likely N-dealkylation sites (tertiary alicyclic amines) is 1. The molecule has 144 valence electrons. The second kappa shape index (κ2) is 6.83. The Labute approximate surface area is 157 Å². The number of carbonyl (C=O) groups excluding carboxylic acids is 2. The Hall–Kier alpha value is -2.64.